The van der Waals surface area contributed by atoms with E-state index in [1.807, 2.05) is 4.57 Å². The Balaban J connectivity index is 1.56. The summed E-state index contributed by atoms with van der Waals surface area (Å²) < 4.78 is 20.6. The summed E-state index contributed by atoms with van der Waals surface area (Å²) in [5.74, 6) is 1.69. The van der Waals surface area contributed by atoms with Crippen molar-refractivity contribution in [3.63, 3.8) is 0 Å². The minimum atomic E-state index is -0.313. The highest BCUT2D eigenvalue weighted by Crippen LogP contribution is 2.24. The zero-order chi connectivity index (χ0) is 20.6. The molecule has 8 heteroatoms. The minimum Gasteiger partial charge on any atom is -0.486 e. The van der Waals surface area contributed by atoms with E-state index in [1.54, 1.807) is 18.2 Å². The second kappa shape index (κ2) is 10.4. The molecule has 1 amide bonds. The SMILES string of the molecule is C=CCn1c(COc2ccc(F)cc2)nnc1SCC(=O)NC1CCCCC1C. The van der Waals surface area contributed by atoms with E-state index in [-0.39, 0.29) is 30.1 Å². The summed E-state index contributed by atoms with van der Waals surface area (Å²) in [7, 11) is 0. The lowest BCUT2D eigenvalue weighted by Crippen LogP contribution is -2.41. The molecule has 1 heterocycles. The number of ether oxygens (including phenoxy) is 1. The van der Waals surface area contributed by atoms with Gasteiger partial charge in [0.05, 0.1) is 5.75 Å². The third-order valence-electron chi connectivity index (χ3n) is 5.08. The summed E-state index contributed by atoms with van der Waals surface area (Å²) in [6, 6.07) is 6.09. The van der Waals surface area contributed by atoms with Crippen molar-refractivity contribution in [3.8, 4) is 5.75 Å². The van der Waals surface area contributed by atoms with Gasteiger partial charge in [-0.3, -0.25) is 9.36 Å². The van der Waals surface area contributed by atoms with Crippen LogP contribution in [0, 0.1) is 11.7 Å². The summed E-state index contributed by atoms with van der Waals surface area (Å²) in [6.45, 7) is 6.68. The maximum Gasteiger partial charge on any atom is 0.230 e. The zero-order valence-electron chi connectivity index (χ0n) is 16.6. The van der Waals surface area contributed by atoms with Crippen LogP contribution in [0.5, 0.6) is 5.75 Å². The molecule has 1 aliphatic carbocycles. The van der Waals surface area contributed by atoms with Gasteiger partial charge in [-0.2, -0.15) is 0 Å². The van der Waals surface area contributed by atoms with Crippen molar-refractivity contribution in [2.75, 3.05) is 5.75 Å². The van der Waals surface area contributed by atoms with E-state index in [2.05, 4.69) is 29.0 Å². The lowest BCUT2D eigenvalue weighted by molar-refractivity contribution is -0.119. The van der Waals surface area contributed by atoms with Gasteiger partial charge in [0.25, 0.3) is 0 Å². The molecule has 3 rings (SSSR count). The maximum atomic E-state index is 13.0. The second-order valence-electron chi connectivity index (χ2n) is 7.27. The Morgan fingerprint density at radius 1 is 1.34 bits per heavy atom. The van der Waals surface area contributed by atoms with Crippen LogP contribution in [-0.4, -0.2) is 32.5 Å². The van der Waals surface area contributed by atoms with E-state index in [1.165, 1.54) is 43.2 Å². The standard InChI is InChI=1S/C21H27FN4O2S/c1-3-12-26-19(13-28-17-10-8-16(22)9-11-17)24-25-21(26)29-14-20(27)23-18-7-5-4-6-15(18)2/h3,8-11,15,18H,1,4-7,12-14H2,2H3,(H,23,27). The number of allylic oxidation sites excluding steroid dienone is 1. The van der Waals surface area contributed by atoms with Crippen molar-refractivity contribution in [3.05, 3.63) is 48.6 Å². The number of aromatic nitrogens is 3. The van der Waals surface area contributed by atoms with Crippen molar-refractivity contribution >= 4 is 17.7 Å². The Labute approximate surface area is 174 Å². The Morgan fingerprint density at radius 2 is 2.10 bits per heavy atom. The first-order chi connectivity index (χ1) is 14.1. The predicted molar refractivity (Wildman–Crippen MR) is 111 cm³/mol. The number of benzene rings is 1. The number of nitrogens with zero attached hydrogens (tertiary/aromatic N) is 3. The van der Waals surface area contributed by atoms with Crippen LogP contribution < -0.4 is 10.1 Å². The van der Waals surface area contributed by atoms with Gasteiger partial charge in [0, 0.05) is 12.6 Å². The van der Waals surface area contributed by atoms with Crippen molar-refractivity contribution in [1.82, 2.24) is 20.1 Å². The van der Waals surface area contributed by atoms with Crippen molar-refractivity contribution < 1.29 is 13.9 Å². The van der Waals surface area contributed by atoms with Gasteiger partial charge in [-0.05, 0) is 43.0 Å². The van der Waals surface area contributed by atoms with Crippen LogP contribution in [0.25, 0.3) is 0 Å². The molecule has 0 bridgehead atoms. The van der Waals surface area contributed by atoms with Crippen LogP contribution >= 0.6 is 11.8 Å². The molecule has 1 aromatic carbocycles. The average Bonchev–Trinajstić information content (AvgIpc) is 3.10. The molecule has 6 nitrogen and oxygen atoms in total. The number of nitrogens with one attached hydrogen (secondary N) is 1. The molecule has 1 aliphatic rings. The van der Waals surface area contributed by atoms with Crippen LogP contribution in [0.2, 0.25) is 0 Å². The first kappa shape index (κ1) is 21.4. The van der Waals surface area contributed by atoms with Gasteiger partial charge in [-0.15, -0.1) is 16.8 Å². The maximum absolute atomic E-state index is 13.0. The van der Waals surface area contributed by atoms with Crippen LogP contribution in [0.15, 0.2) is 42.1 Å². The van der Waals surface area contributed by atoms with Crippen molar-refractivity contribution in [1.29, 1.82) is 0 Å². The molecular weight excluding hydrogens is 391 g/mol. The smallest absolute Gasteiger partial charge is 0.230 e. The molecule has 1 aromatic heterocycles. The van der Waals surface area contributed by atoms with E-state index in [4.69, 9.17) is 4.74 Å². The number of halogens is 1. The highest BCUT2D eigenvalue weighted by Gasteiger charge is 2.23. The third kappa shape index (κ3) is 6.06. The summed E-state index contributed by atoms with van der Waals surface area (Å²) in [5.41, 5.74) is 0. The first-order valence-electron chi connectivity index (χ1n) is 9.90. The fourth-order valence-electron chi connectivity index (χ4n) is 3.43. The van der Waals surface area contributed by atoms with Gasteiger partial charge in [0.15, 0.2) is 11.0 Å². The molecule has 156 valence electrons. The number of thioether (sulfide) groups is 1. The molecular formula is C21H27FN4O2S. The molecule has 2 aromatic rings. The zero-order valence-corrected chi connectivity index (χ0v) is 17.5. The Kier molecular flexibility index (Phi) is 7.69. The van der Waals surface area contributed by atoms with Gasteiger partial charge < -0.3 is 10.1 Å². The third-order valence-corrected chi connectivity index (χ3v) is 6.04. The number of rotatable bonds is 9. The van der Waals surface area contributed by atoms with Crippen molar-refractivity contribution in [2.45, 2.75) is 57.0 Å². The lowest BCUT2D eigenvalue weighted by Gasteiger charge is -2.29. The van der Waals surface area contributed by atoms with E-state index < -0.39 is 0 Å². The minimum absolute atomic E-state index is 0.0195. The summed E-state index contributed by atoms with van der Waals surface area (Å²) in [5, 5.41) is 12.2. The van der Waals surface area contributed by atoms with Crippen molar-refractivity contribution in [2.24, 2.45) is 5.92 Å². The molecule has 1 fully saturated rings. The van der Waals surface area contributed by atoms with E-state index >= 15 is 0 Å². The molecule has 0 aliphatic heterocycles. The molecule has 29 heavy (non-hydrogen) atoms. The number of carbonyl (C=O) groups excluding carboxylic acids is 1. The molecule has 2 unspecified atom stereocenters. The molecule has 1 saturated carbocycles. The molecule has 1 N–H and O–H groups in total. The van der Waals surface area contributed by atoms with E-state index in [9.17, 15) is 9.18 Å². The Hall–Kier alpha value is -2.35. The number of carbonyl (C=O) groups is 1. The fraction of sp³-hybridized carbons (Fsp3) is 0.476. The second-order valence-corrected chi connectivity index (χ2v) is 8.21. The Bertz CT molecular complexity index is 825. The van der Waals surface area contributed by atoms with E-state index in [0.29, 0.717) is 29.2 Å². The van der Waals surface area contributed by atoms with Gasteiger partial charge in [-0.25, -0.2) is 4.39 Å². The summed E-state index contributed by atoms with van der Waals surface area (Å²) in [4.78, 5) is 12.4. The van der Waals surface area contributed by atoms with Crippen LogP contribution in [0.4, 0.5) is 4.39 Å². The molecule has 2 atom stereocenters. The normalized spacial score (nSPS) is 19.0. The summed E-state index contributed by atoms with van der Waals surface area (Å²) >= 11 is 1.35. The topological polar surface area (TPSA) is 69.0 Å². The summed E-state index contributed by atoms with van der Waals surface area (Å²) in [6.07, 6.45) is 6.39. The number of hydrogen-bond donors (Lipinski definition) is 1. The van der Waals surface area contributed by atoms with Gasteiger partial charge in [0.1, 0.15) is 18.2 Å². The van der Waals surface area contributed by atoms with Gasteiger partial charge in [-0.1, -0.05) is 37.6 Å². The number of hydrogen-bond acceptors (Lipinski definition) is 5. The Morgan fingerprint density at radius 3 is 2.83 bits per heavy atom. The molecule has 0 saturated heterocycles. The highest BCUT2D eigenvalue weighted by molar-refractivity contribution is 7.99. The lowest BCUT2D eigenvalue weighted by atomic mass is 9.86. The highest BCUT2D eigenvalue weighted by atomic mass is 32.2. The molecule has 0 radical (unpaired) electrons. The fourth-order valence-corrected chi connectivity index (χ4v) is 4.21. The largest absolute Gasteiger partial charge is 0.486 e. The average molecular weight is 419 g/mol. The van der Waals surface area contributed by atoms with Crippen LogP contribution in [0.3, 0.4) is 0 Å². The van der Waals surface area contributed by atoms with Gasteiger partial charge in [0.2, 0.25) is 5.91 Å². The first-order valence-corrected chi connectivity index (χ1v) is 10.9. The van der Waals surface area contributed by atoms with Crippen LogP contribution in [0.1, 0.15) is 38.4 Å². The predicted octanol–water partition coefficient (Wildman–Crippen LogP) is 3.97. The van der Waals surface area contributed by atoms with Gasteiger partial charge >= 0.3 is 0 Å². The molecule has 0 spiro atoms. The number of amides is 1. The monoisotopic (exact) mass is 418 g/mol. The van der Waals surface area contributed by atoms with E-state index in [0.717, 1.165) is 6.42 Å². The van der Waals surface area contributed by atoms with Crippen LogP contribution in [-0.2, 0) is 17.9 Å². The quantitative estimate of drug-likeness (QED) is 0.493.